The molecule has 2 heterocycles. The van der Waals surface area contributed by atoms with Crippen LogP contribution in [0.5, 0.6) is 0 Å². The molecule has 0 spiro atoms. The van der Waals surface area contributed by atoms with Crippen molar-refractivity contribution in [3.05, 3.63) is 66.0 Å². The molecule has 0 bridgehead atoms. The lowest BCUT2D eigenvalue weighted by Gasteiger charge is -2.34. The molecule has 1 amide bonds. The molecule has 1 atom stereocenters. The first kappa shape index (κ1) is 15.6. The van der Waals surface area contributed by atoms with Gasteiger partial charge in [0.1, 0.15) is 0 Å². The summed E-state index contributed by atoms with van der Waals surface area (Å²) in [5.41, 5.74) is 1.79. The van der Waals surface area contributed by atoms with E-state index in [9.17, 15) is 4.79 Å². The lowest BCUT2D eigenvalue weighted by Crippen LogP contribution is -2.43. The maximum Gasteiger partial charge on any atom is 0.251 e. The Morgan fingerprint density at radius 3 is 2.65 bits per heavy atom. The molecule has 0 aliphatic carbocycles. The maximum atomic E-state index is 12.3. The van der Waals surface area contributed by atoms with Crippen molar-refractivity contribution >= 4 is 5.91 Å². The van der Waals surface area contributed by atoms with E-state index in [1.54, 1.807) is 6.20 Å². The second-order valence-electron chi connectivity index (χ2n) is 5.53. The molecule has 1 aliphatic heterocycles. The summed E-state index contributed by atoms with van der Waals surface area (Å²) in [5, 5.41) is 3.05. The average molecular weight is 311 g/mol. The van der Waals surface area contributed by atoms with Crippen LogP contribution < -0.4 is 5.32 Å². The van der Waals surface area contributed by atoms with Gasteiger partial charge in [0.15, 0.2) is 0 Å². The van der Waals surface area contributed by atoms with E-state index in [2.05, 4.69) is 21.3 Å². The highest BCUT2D eigenvalue weighted by Crippen LogP contribution is 2.20. The van der Waals surface area contributed by atoms with Gasteiger partial charge in [0.2, 0.25) is 0 Å². The van der Waals surface area contributed by atoms with Gasteiger partial charge in [-0.05, 0) is 23.8 Å². The summed E-state index contributed by atoms with van der Waals surface area (Å²) in [6.07, 6.45) is 3.64. The van der Waals surface area contributed by atoms with Crippen molar-refractivity contribution in [1.29, 1.82) is 0 Å². The third kappa shape index (κ3) is 4.15. The summed E-state index contributed by atoms with van der Waals surface area (Å²) in [6.45, 7) is 3.73. The normalized spacial score (nSPS) is 16.7. The van der Waals surface area contributed by atoms with Gasteiger partial charge in [-0.2, -0.15) is 0 Å². The van der Waals surface area contributed by atoms with Crippen LogP contribution in [0.3, 0.4) is 0 Å². The molecule has 0 unspecified atom stereocenters. The molecule has 5 heteroatoms. The third-order valence-electron chi connectivity index (χ3n) is 4.05. The number of carbonyl (C=O) groups is 1. The van der Waals surface area contributed by atoms with Crippen molar-refractivity contribution in [2.75, 3.05) is 32.8 Å². The van der Waals surface area contributed by atoms with Gasteiger partial charge in [0.05, 0.1) is 19.3 Å². The Hall–Kier alpha value is -2.24. The number of hydrogen-bond donors (Lipinski definition) is 1. The predicted molar refractivity (Wildman–Crippen MR) is 88.1 cm³/mol. The summed E-state index contributed by atoms with van der Waals surface area (Å²) in [4.78, 5) is 18.8. The van der Waals surface area contributed by atoms with Crippen LogP contribution in [0.1, 0.15) is 22.0 Å². The van der Waals surface area contributed by atoms with E-state index in [-0.39, 0.29) is 11.9 Å². The molecule has 23 heavy (non-hydrogen) atoms. The number of benzene rings is 1. The van der Waals surface area contributed by atoms with Crippen molar-refractivity contribution in [2.24, 2.45) is 0 Å². The fourth-order valence-electron chi connectivity index (χ4n) is 2.80. The molecule has 120 valence electrons. The minimum Gasteiger partial charge on any atom is -0.379 e. The summed E-state index contributed by atoms with van der Waals surface area (Å²) in [7, 11) is 0. The van der Waals surface area contributed by atoms with Crippen LogP contribution >= 0.6 is 0 Å². The van der Waals surface area contributed by atoms with Gasteiger partial charge in [0, 0.05) is 37.6 Å². The fraction of sp³-hybridized carbons (Fsp3) is 0.333. The Bertz CT molecular complexity index is 613. The monoisotopic (exact) mass is 311 g/mol. The van der Waals surface area contributed by atoms with E-state index in [0.29, 0.717) is 12.1 Å². The zero-order valence-corrected chi connectivity index (χ0v) is 13.0. The van der Waals surface area contributed by atoms with Gasteiger partial charge in [-0.3, -0.25) is 14.7 Å². The van der Waals surface area contributed by atoms with Crippen LogP contribution in [-0.2, 0) is 4.74 Å². The smallest absolute Gasteiger partial charge is 0.251 e. The number of nitrogens with one attached hydrogen (secondary N) is 1. The first-order chi connectivity index (χ1) is 11.3. The molecule has 1 N–H and O–H groups in total. The van der Waals surface area contributed by atoms with Crippen molar-refractivity contribution in [2.45, 2.75) is 6.04 Å². The van der Waals surface area contributed by atoms with E-state index in [1.807, 2.05) is 42.6 Å². The minimum absolute atomic E-state index is 0.0484. The number of amides is 1. The molecule has 3 rings (SSSR count). The van der Waals surface area contributed by atoms with E-state index < -0.39 is 0 Å². The van der Waals surface area contributed by atoms with Crippen molar-refractivity contribution < 1.29 is 9.53 Å². The Morgan fingerprint density at radius 1 is 1.17 bits per heavy atom. The van der Waals surface area contributed by atoms with Gasteiger partial charge < -0.3 is 10.1 Å². The number of hydrogen-bond acceptors (Lipinski definition) is 4. The van der Waals surface area contributed by atoms with Crippen molar-refractivity contribution in [3.8, 4) is 0 Å². The van der Waals surface area contributed by atoms with E-state index in [1.165, 1.54) is 0 Å². The topological polar surface area (TPSA) is 54.5 Å². The second kappa shape index (κ2) is 7.85. The molecular weight excluding hydrogens is 290 g/mol. The predicted octanol–water partition coefficient (Wildman–Crippen LogP) is 1.88. The first-order valence-corrected chi connectivity index (χ1v) is 7.89. The largest absolute Gasteiger partial charge is 0.379 e. The average Bonchev–Trinajstić information content (AvgIpc) is 2.64. The number of nitrogens with zero attached hydrogens (tertiary/aromatic N) is 2. The molecule has 1 aromatic carbocycles. The number of morpholine rings is 1. The molecule has 5 nitrogen and oxygen atoms in total. The van der Waals surface area contributed by atoms with Crippen molar-refractivity contribution in [3.63, 3.8) is 0 Å². The Kier molecular flexibility index (Phi) is 5.34. The Labute approximate surface area is 136 Å². The lowest BCUT2D eigenvalue weighted by molar-refractivity contribution is 0.0161. The first-order valence-electron chi connectivity index (χ1n) is 7.89. The molecule has 1 aromatic heterocycles. The standard InChI is InChI=1S/C18H21N3O2/c22-18(15-5-2-1-3-6-15)20-14-17(16-7-4-8-19-13-16)21-9-11-23-12-10-21/h1-8,13,17H,9-12,14H2,(H,20,22)/t17-/m0/s1. The summed E-state index contributed by atoms with van der Waals surface area (Å²) in [5.74, 6) is -0.0484. The highest BCUT2D eigenvalue weighted by Gasteiger charge is 2.23. The van der Waals surface area contributed by atoms with E-state index >= 15 is 0 Å². The number of carbonyl (C=O) groups excluding carboxylic acids is 1. The molecule has 1 aliphatic rings. The molecule has 0 saturated carbocycles. The van der Waals surface area contributed by atoms with Crippen LogP contribution in [0, 0.1) is 0 Å². The number of rotatable bonds is 5. The number of aromatic nitrogens is 1. The molecule has 1 saturated heterocycles. The Balaban J connectivity index is 1.70. The fourth-order valence-corrected chi connectivity index (χ4v) is 2.80. The van der Waals surface area contributed by atoms with Crippen LogP contribution in [0.4, 0.5) is 0 Å². The zero-order valence-electron chi connectivity index (χ0n) is 13.0. The van der Waals surface area contributed by atoms with Crippen LogP contribution in [0.25, 0.3) is 0 Å². The van der Waals surface area contributed by atoms with Gasteiger partial charge in [0.25, 0.3) is 5.91 Å². The van der Waals surface area contributed by atoms with Gasteiger partial charge in [-0.25, -0.2) is 0 Å². The molecule has 1 fully saturated rings. The van der Waals surface area contributed by atoms with E-state index in [4.69, 9.17) is 4.74 Å². The second-order valence-corrected chi connectivity index (χ2v) is 5.53. The number of pyridine rings is 1. The van der Waals surface area contributed by atoms with Gasteiger partial charge >= 0.3 is 0 Å². The highest BCUT2D eigenvalue weighted by atomic mass is 16.5. The van der Waals surface area contributed by atoms with Crippen LogP contribution in [0.15, 0.2) is 54.9 Å². The van der Waals surface area contributed by atoms with Gasteiger partial charge in [-0.15, -0.1) is 0 Å². The van der Waals surface area contributed by atoms with E-state index in [0.717, 1.165) is 31.9 Å². The number of ether oxygens (including phenoxy) is 1. The lowest BCUT2D eigenvalue weighted by atomic mass is 10.1. The molecule has 0 radical (unpaired) electrons. The van der Waals surface area contributed by atoms with Crippen LogP contribution in [-0.4, -0.2) is 48.6 Å². The SMILES string of the molecule is O=C(NC[C@@H](c1cccnc1)N1CCOCC1)c1ccccc1. The zero-order chi connectivity index (χ0) is 15.9. The summed E-state index contributed by atoms with van der Waals surface area (Å²) < 4.78 is 5.44. The highest BCUT2D eigenvalue weighted by molar-refractivity contribution is 5.94. The minimum atomic E-state index is -0.0484. The Morgan fingerprint density at radius 2 is 1.96 bits per heavy atom. The maximum absolute atomic E-state index is 12.3. The molecule has 2 aromatic rings. The molecular formula is C18H21N3O2. The summed E-state index contributed by atoms with van der Waals surface area (Å²) >= 11 is 0. The quantitative estimate of drug-likeness (QED) is 0.916. The third-order valence-corrected chi connectivity index (χ3v) is 4.05. The summed E-state index contributed by atoms with van der Waals surface area (Å²) in [6, 6.07) is 13.4. The van der Waals surface area contributed by atoms with Gasteiger partial charge in [-0.1, -0.05) is 24.3 Å². The van der Waals surface area contributed by atoms with Crippen molar-refractivity contribution in [1.82, 2.24) is 15.2 Å². The van der Waals surface area contributed by atoms with Crippen LogP contribution in [0.2, 0.25) is 0 Å².